The Morgan fingerprint density at radius 1 is 1.04 bits per heavy atom. The normalized spacial score (nSPS) is 10.7. The van der Waals surface area contributed by atoms with E-state index >= 15 is 0 Å². The Balaban J connectivity index is 1.53. The molecule has 0 aliphatic carbocycles. The van der Waals surface area contributed by atoms with Gasteiger partial charge in [-0.15, -0.1) is 10.2 Å². The first-order chi connectivity index (χ1) is 13.4. The molecular weight excluding hydrogens is 372 g/mol. The number of aromatic nitrogens is 3. The molecule has 1 N–H and O–H groups in total. The van der Waals surface area contributed by atoms with Crippen LogP contribution in [0.1, 0.15) is 22.5 Å². The van der Waals surface area contributed by atoms with Crippen molar-refractivity contribution in [1.82, 2.24) is 14.8 Å². The molecule has 3 rings (SSSR count). The molecule has 0 saturated heterocycles. The maximum absolute atomic E-state index is 12.1. The first-order valence-electron chi connectivity index (χ1n) is 8.99. The standard InChI is InChI=1S/C21H24N4O2S/c1-14-5-7-17(8-6-14)22-20(26)13-28-21-24-23-19(25(21)4)12-27-18-10-15(2)9-16(3)11-18/h5-11H,12-13H2,1-4H3,(H,22,26). The highest BCUT2D eigenvalue weighted by Crippen LogP contribution is 2.20. The van der Waals surface area contributed by atoms with Crippen molar-refractivity contribution in [1.29, 1.82) is 0 Å². The molecule has 0 radical (unpaired) electrons. The number of hydrogen-bond acceptors (Lipinski definition) is 5. The zero-order valence-electron chi connectivity index (χ0n) is 16.5. The van der Waals surface area contributed by atoms with Gasteiger partial charge in [0.1, 0.15) is 12.4 Å². The van der Waals surface area contributed by atoms with Gasteiger partial charge in [0.15, 0.2) is 11.0 Å². The second kappa shape index (κ2) is 8.93. The second-order valence-corrected chi connectivity index (χ2v) is 7.72. The number of anilines is 1. The van der Waals surface area contributed by atoms with Crippen molar-refractivity contribution in [3.8, 4) is 5.75 Å². The average Bonchev–Trinajstić information content (AvgIpc) is 2.99. The summed E-state index contributed by atoms with van der Waals surface area (Å²) in [6.07, 6.45) is 0. The van der Waals surface area contributed by atoms with Crippen molar-refractivity contribution in [3.05, 3.63) is 65.0 Å². The fourth-order valence-electron chi connectivity index (χ4n) is 2.72. The molecule has 1 heterocycles. The fraction of sp³-hybridized carbons (Fsp3) is 0.286. The van der Waals surface area contributed by atoms with Gasteiger partial charge in [0.25, 0.3) is 0 Å². The van der Waals surface area contributed by atoms with E-state index in [4.69, 9.17) is 4.74 Å². The largest absolute Gasteiger partial charge is 0.486 e. The minimum Gasteiger partial charge on any atom is -0.486 e. The summed E-state index contributed by atoms with van der Waals surface area (Å²) in [4.78, 5) is 12.1. The molecule has 0 bridgehead atoms. The van der Waals surface area contributed by atoms with Gasteiger partial charge in [-0.25, -0.2) is 0 Å². The van der Waals surface area contributed by atoms with Crippen molar-refractivity contribution in [3.63, 3.8) is 0 Å². The molecule has 0 aliphatic rings. The van der Waals surface area contributed by atoms with Crippen molar-refractivity contribution in [2.45, 2.75) is 32.5 Å². The smallest absolute Gasteiger partial charge is 0.234 e. The first-order valence-corrected chi connectivity index (χ1v) is 9.98. The Morgan fingerprint density at radius 3 is 2.39 bits per heavy atom. The number of carbonyl (C=O) groups excluding carboxylic acids is 1. The van der Waals surface area contributed by atoms with Crippen molar-refractivity contribution < 1.29 is 9.53 Å². The van der Waals surface area contributed by atoms with Crippen LogP contribution in [0, 0.1) is 20.8 Å². The van der Waals surface area contributed by atoms with E-state index in [1.807, 2.05) is 68.8 Å². The van der Waals surface area contributed by atoms with Crippen LogP contribution in [0.5, 0.6) is 5.75 Å². The SMILES string of the molecule is Cc1ccc(NC(=O)CSc2nnc(COc3cc(C)cc(C)c3)n2C)cc1. The third-order valence-electron chi connectivity index (χ3n) is 4.16. The number of nitrogens with one attached hydrogen (secondary N) is 1. The van der Waals surface area contributed by atoms with Crippen LogP contribution >= 0.6 is 11.8 Å². The molecule has 0 fully saturated rings. The van der Waals surface area contributed by atoms with Crippen LogP contribution in [0.15, 0.2) is 47.6 Å². The minimum atomic E-state index is -0.0788. The summed E-state index contributed by atoms with van der Waals surface area (Å²) in [7, 11) is 1.88. The van der Waals surface area contributed by atoms with Gasteiger partial charge >= 0.3 is 0 Å². The van der Waals surface area contributed by atoms with E-state index < -0.39 is 0 Å². The molecule has 1 amide bonds. The Hall–Kier alpha value is -2.80. The summed E-state index contributed by atoms with van der Waals surface area (Å²) in [5.74, 6) is 1.70. The highest BCUT2D eigenvalue weighted by atomic mass is 32.2. The lowest BCUT2D eigenvalue weighted by molar-refractivity contribution is -0.113. The molecule has 3 aromatic rings. The van der Waals surface area contributed by atoms with Crippen molar-refractivity contribution in [2.75, 3.05) is 11.1 Å². The molecule has 0 atom stereocenters. The maximum atomic E-state index is 12.1. The topological polar surface area (TPSA) is 69.0 Å². The molecule has 6 nitrogen and oxygen atoms in total. The minimum absolute atomic E-state index is 0.0788. The Kier molecular flexibility index (Phi) is 6.36. The zero-order chi connectivity index (χ0) is 20.1. The molecule has 0 aliphatic heterocycles. The quantitative estimate of drug-likeness (QED) is 0.610. The number of thioether (sulfide) groups is 1. The lowest BCUT2D eigenvalue weighted by atomic mass is 10.1. The van der Waals surface area contributed by atoms with E-state index in [2.05, 4.69) is 21.6 Å². The van der Waals surface area contributed by atoms with Gasteiger partial charge in [0.05, 0.1) is 5.75 Å². The third-order valence-corrected chi connectivity index (χ3v) is 5.18. The van der Waals surface area contributed by atoms with Crippen LogP contribution < -0.4 is 10.1 Å². The van der Waals surface area contributed by atoms with Gasteiger partial charge in [-0.3, -0.25) is 4.79 Å². The summed E-state index contributed by atoms with van der Waals surface area (Å²) in [5.41, 5.74) is 4.26. The maximum Gasteiger partial charge on any atom is 0.234 e. The van der Waals surface area contributed by atoms with Gasteiger partial charge in [0, 0.05) is 12.7 Å². The van der Waals surface area contributed by atoms with E-state index in [0.29, 0.717) is 17.6 Å². The van der Waals surface area contributed by atoms with E-state index in [-0.39, 0.29) is 11.7 Å². The van der Waals surface area contributed by atoms with E-state index in [1.54, 1.807) is 0 Å². The summed E-state index contributed by atoms with van der Waals surface area (Å²) >= 11 is 1.35. The average molecular weight is 397 g/mol. The highest BCUT2D eigenvalue weighted by molar-refractivity contribution is 7.99. The molecule has 0 unspecified atom stereocenters. The molecular formula is C21H24N4O2S. The van der Waals surface area contributed by atoms with Crippen LogP contribution in [0.4, 0.5) is 5.69 Å². The number of amides is 1. The van der Waals surface area contributed by atoms with Crippen LogP contribution in [-0.4, -0.2) is 26.4 Å². The van der Waals surface area contributed by atoms with Gasteiger partial charge in [-0.2, -0.15) is 0 Å². The van der Waals surface area contributed by atoms with Crippen LogP contribution in [0.25, 0.3) is 0 Å². The number of aryl methyl sites for hydroxylation is 3. The van der Waals surface area contributed by atoms with Crippen LogP contribution in [-0.2, 0) is 18.4 Å². The lowest BCUT2D eigenvalue weighted by Gasteiger charge is -2.08. The Labute approximate surface area is 169 Å². The summed E-state index contributed by atoms with van der Waals surface area (Å²) < 4.78 is 7.70. The van der Waals surface area contributed by atoms with Crippen molar-refractivity contribution in [2.24, 2.45) is 7.05 Å². The first kappa shape index (κ1) is 19.9. The van der Waals surface area contributed by atoms with E-state index in [9.17, 15) is 4.79 Å². The Morgan fingerprint density at radius 2 is 1.71 bits per heavy atom. The van der Waals surface area contributed by atoms with Gasteiger partial charge < -0.3 is 14.6 Å². The van der Waals surface area contributed by atoms with Crippen LogP contribution in [0.3, 0.4) is 0 Å². The molecule has 1 aromatic heterocycles. The monoisotopic (exact) mass is 396 g/mol. The van der Waals surface area contributed by atoms with Crippen molar-refractivity contribution >= 4 is 23.4 Å². The zero-order valence-corrected chi connectivity index (χ0v) is 17.3. The highest BCUT2D eigenvalue weighted by Gasteiger charge is 2.12. The fourth-order valence-corrected chi connectivity index (χ4v) is 3.45. The summed E-state index contributed by atoms with van der Waals surface area (Å²) in [5, 5.41) is 11.9. The number of ether oxygens (including phenoxy) is 1. The molecule has 2 aromatic carbocycles. The summed E-state index contributed by atoms with van der Waals surface area (Å²) in [6.45, 7) is 6.41. The van der Waals surface area contributed by atoms with Crippen LogP contribution in [0.2, 0.25) is 0 Å². The predicted octanol–water partition coefficient (Wildman–Crippen LogP) is 4.05. The molecule has 28 heavy (non-hydrogen) atoms. The van der Waals surface area contributed by atoms with E-state index in [1.165, 1.54) is 11.8 Å². The number of hydrogen-bond donors (Lipinski definition) is 1. The second-order valence-electron chi connectivity index (χ2n) is 6.77. The lowest BCUT2D eigenvalue weighted by Crippen LogP contribution is -2.14. The molecule has 0 spiro atoms. The summed E-state index contributed by atoms with van der Waals surface area (Å²) in [6, 6.07) is 13.8. The molecule has 0 saturated carbocycles. The molecule has 146 valence electrons. The third kappa shape index (κ3) is 5.36. The number of nitrogens with zero attached hydrogens (tertiary/aromatic N) is 3. The number of benzene rings is 2. The Bertz CT molecular complexity index is 947. The predicted molar refractivity (Wildman–Crippen MR) is 112 cm³/mol. The number of carbonyl (C=O) groups is 1. The number of rotatable bonds is 7. The van der Waals surface area contributed by atoms with Gasteiger partial charge in [0.2, 0.25) is 5.91 Å². The van der Waals surface area contributed by atoms with E-state index in [0.717, 1.165) is 28.1 Å². The van der Waals surface area contributed by atoms with Gasteiger partial charge in [-0.1, -0.05) is 35.5 Å². The molecule has 7 heteroatoms. The van der Waals surface area contributed by atoms with Gasteiger partial charge in [-0.05, 0) is 56.2 Å².